The summed E-state index contributed by atoms with van der Waals surface area (Å²) in [5.41, 5.74) is 2.81. The molecule has 0 atom stereocenters. The molecule has 3 heterocycles. The van der Waals surface area contributed by atoms with E-state index < -0.39 is 0 Å². The minimum atomic E-state index is -0.212. The number of halogens is 1. The molecule has 6 nitrogen and oxygen atoms in total. The van der Waals surface area contributed by atoms with Crippen molar-refractivity contribution in [2.45, 2.75) is 39.2 Å². The van der Waals surface area contributed by atoms with Gasteiger partial charge >= 0.3 is 0 Å². The summed E-state index contributed by atoms with van der Waals surface area (Å²) in [6.45, 7) is 2.77. The molecule has 0 fully saturated rings. The van der Waals surface area contributed by atoms with Crippen LogP contribution in [0.25, 0.3) is 11.4 Å². The number of fused-ring (bicyclic) bond motifs is 1. The lowest BCUT2D eigenvalue weighted by molar-refractivity contribution is 0.102. The maximum Gasteiger partial charge on any atom is 0.257 e. The fourth-order valence-electron chi connectivity index (χ4n) is 3.26. The number of carbonyl (C=O) groups is 1. The average Bonchev–Trinajstić information content (AvgIpc) is 2.91. The van der Waals surface area contributed by atoms with Crippen LogP contribution in [-0.4, -0.2) is 25.7 Å². The van der Waals surface area contributed by atoms with Gasteiger partial charge in [-0.15, -0.1) is 10.2 Å². The molecular weight excluding hydrogens is 362 g/mol. The van der Waals surface area contributed by atoms with Crippen molar-refractivity contribution in [1.82, 2.24) is 19.7 Å². The number of rotatable bonds is 3. The van der Waals surface area contributed by atoms with Crippen LogP contribution in [0, 0.1) is 6.92 Å². The van der Waals surface area contributed by atoms with Crippen LogP contribution in [0.1, 0.15) is 41.1 Å². The molecule has 7 heteroatoms. The van der Waals surface area contributed by atoms with E-state index in [4.69, 9.17) is 11.6 Å². The van der Waals surface area contributed by atoms with Gasteiger partial charge in [0.25, 0.3) is 5.91 Å². The zero-order chi connectivity index (χ0) is 18.8. The molecule has 0 bridgehead atoms. The maximum atomic E-state index is 12.5. The SMILES string of the molecule is Cc1ccc(C(=O)Nc2ccc(Cl)c(-c3nnc4n3CCCCC4)c2)cn1. The van der Waals surface area contributed by atoms with Crippen molar-refractivity contribution in [3.05, 3.63) is 58.6 Å². The Hall–Kier alpha value is -2.73. The highest BCUT2D eigenvalue weighted by Crippen LogP contribution is 2.31. The summed E-state index contributed by atoms with van der Waals surface area (Å²) in [5.74, 6) is 1.54. The standard InChI is InChI=1S/C20H20ClN5O/c1-13-6-7-14(12-22-13)20(27)23-15-8-9-17(21)16(11-15)19-25-24-18-5-3-2-4-10-26(18)19/h6-9,11-12H,2-5,10H2,1H3,(H,23,27). The molecule has 0 aliphatic carbocycles. The van der Waals surface area contributed by atoms with Gasteiger partial charge in [0.15, 0.2) is 5.82 Å². The van der Waals surface area contributed by atoms with Gasteiger partial charge in [-0.2, -0.15) is 0 Å². The van der Waals surface area contributed by atoms with E-state index in [1.165, 1.54) is 6.42 Å². The van der Waals surface area contributed by atoms with Gasteiger partial charge in [-0.1, -0.05) is 18.0 Å². The Bertz CT molecular complexity index is 981. The molecule has 0 saturated carbocycles. The molecule has 0 radical (unpaired) electrons. The van der Waals surface area contributed by atoms with E-state index in [0.29, 0.717) is 16.3 Å². The van der Waals surface area contributed by atoms with E-state index in [1.54, 1.807) is 24.4 Å². The number of aryl methyl sites for hydroxylation is 2. The molecule has 27 heavy (non-hydrogen) atoms. The average molecular weight is 382 g/mol. The number of amides is 1. The van der Waals surface area contributed by atoms with Gasteiger partial charge in [-0.05, 0) is 50.1 Å². The van der Waals surface area contributed by atoms with Gasteiger partial charge in [0.1, 0.15) is 5.82 Å². The quantitative estimate of drug-likeness (QED) is 0.734. The first-order valence-corrected chi connectivity index (χ1v) is 9.45. The van der Waals surface area contributed by atoms with E-state index in [1.807, 2.05) is 19.1 Å². The van der Waals surface area contributed by atoms with Crippen LogP contribution >= 0.6 is 11.6 Å². The van der Waals surface area contributed by atoms with Crippen LogP contribution in [0.2, 0.25) is 5.02 Å². The lowest BCUT2D eigenvalue weighted by Gasteiger charge is -2.11. The second kappa shape index (κ2) is 7.48. The summed E-state index contributed by atoms with van der Waals surface area (Å²) in [6.07, 6.45) is 5.93. The van der Waals surface area contributed by atoms with Crippen molar-refractivity contribution < 1.29 is 4.79 Å². The second-order valence-electron chi connectivity index (χ2n) is 6.74. The first kappa shape index (κ1) is 17.7. The topological polar surface area (TPSA) is 72.7 Å². The van der Waals surface area contributed by atoms with Crippen molar-refractivity contribution in [2.24, 2.45) is 0 Å². The smallest absolute Gasteiger partial charge is 0.257 e. The van der Waals surface area contributed by atoms with Gasteiger partial charge in [0.2, 0.25) is 0 Å². The largest absolute Gasteiger partial charge is 0.322 e. The zero-order valence-electron chi connectivity index (χ0n) is 15.1. The van der Waals surface area contributed by atoms with E-state index in [2.05, 4.69) is 25.1 Å². The van der Waals surface area contributed by atoms with Gasteiger partial charge in [0.05, 0.1) is 10.6 Å². The summed E-state index contributed by atoms with van der Waals surface area (Å²) in [7, 11) is 0. The fourth-order valence-corrected chi connectivity index (χ4v) is 3.47. The Kier molecular flexibility index (Phi) is 4.90. The molecule has 3 aromatic rings. The highest BCUT2D eigenvalue weighted by molar-refractivity contribution is 6.33. The monoisotopic (exact) mass is 381 g/mol. The number of hydrogen-bond donors (Lipinski definition) is 1. The fraction of sp³-hybridized carbons (Fsp3) is 0.300. The third kappa shape index (κ3) is 3.71. The predicted octanol–water partition coefficient (Wildman–Crippen LogP) is 4.28. The predicted molar refractivity (Wildman–Crippen MR) is 105 cm³/mol. The van der Waals surface area contributed by atoms with Crippen LogP contribution < -0.4 is 5.32 Å². The number of benzene rings is 1. The Balaban J connectivity index is 1.63. The van der Waals surface area contributed by atoms with Crippen molar-refractivity contribution in [1.29, 1.82) is 0 Å². The second-order valence-corrected chi connectivity index (χ2v) is 7.15. The summed E-state index contributed by atoms with van der Waals surface area (Å²) < 4.78 is 2.14. The van der Waals surface area contributed by atoms with E-state index in [-0.39, 0.29) is 5.91 Å². The number of carbonyl (C=O) groups excluding carboxylic acids is 1. The summed E-state index contributed by atoms with van der Waals surface area (Å²) >= 11 is 6.44. The molecular formula is C20H20ClN5O. The van der Waals surface area contributed by atoms with Crippen molar-refractivity contribution >= 4 is 23.2 Å². The number of aromatic nitrogens is 4. The zero-order valence-corrected chi connectivity index (χ0v) is 15.8. The van der Waals surface area contributed by atoms with Crippen LogP contribution in [0.4, 0.5) is 5.69 Å². The Morgan fingerprint density at radius 2 is 2.04 bits per heavy atom. The molecule has 0 unspecified atom stereocenters. The lowest BCUT2D eigenvalue weighted by atomic mass is 10.1. The highest BCUT2D eigenvalue weighted by Gasteiger charge is 2.18. The van der Waals surface area contributed by atoms with Crippen molar-refractivity contribution in [2.75, 3.05) is 5.32 Å². The molecule has 1 amide bonds. The molecule has 138 valence electrons. The molecule has 1 aromatic carbocycles. The first-order valence-electron chi connectivity index (χ1n) is 9.08. The van der Waals surface area contributed by atoms with Crippen molar-refractivity contribution in [3.63, 3.8) is 0 Å². The van der Waals surface area contributed by atoms with Crippen LogP contribution in [0.15, 0.2) is 36.5 Å². The van der Waals surface area contributed by atoms with Crippen molar-refractivity contribution in [3.8, 4) is 11.4 Å². The minimum absolute atomic E-state index is 0.212. The maximum absolute atomic E-state index is 12.5. The van der Waals surface area contributed by atoms with Gasteiger partial charge < -0.3 is 9.88 Å². The van der Waals surface area contributed by atoms with Crippen LogP contribution in [0.3, 0.4) is 0 Å². The molecule has 0 saturated heterocycles. The third-order valence-corrected chi connectivity index (χ3v) is 5.08. The third-order valence-electron chi connectivity index (χ3n) is 4.75. The number of hydrogen-bond acceptors (Lipinski definition) is 4. The normalized spacial score (nSPS) is 13.7. The highest BCUT2D eigenvalue weighted by atomic mass is 35.5. The van der Waals surface area contributed by atoms with Gasteiger partial charge in [-0.25, -0.2) is 0 Å². The molecule has 0 spiro atoms. The summed E-state index contributed by atoms with van der Waals surface area (Å²) in [5, 5.41) is 12.2. The van der Waals surface area contributed by atoms with E-state index >= 15 is 0 Å². The Morgan fingerprint density at radius 3 is 2.85 bits per heavy atom. The van der Waals surface area contributed by atoms with E-state index in [0.717, 1.165) is 48.7 Å². The number of nitrogens with one attached hydrogen (secondary N) is 1. The molecule has 4 rings (SSSR count). The van der Waals surface area contributed by atoms with Gasteiger partial charge in [0, 0.05) is 36.1 Å². The lowest BCUT2D eigenvalue weighted by Crippen LogP contribution is -2.12. The number of nitrogens with zero attached hydrogens (tertiary/aromatic N) is 4. The minimum Gasteiger partial charge on any atom is -0.322 e. The summed E-state index contributed by atoms with van der Waals surface area (Å²) in [4.78, 5) is 16.6. The molecule has 1 N–H and O–H groups in total. The molecule has 1 aliphatic rings. The number of pyridine rings is 1. The van der Waals surface area contributed by atoms with Crippen LogP contribution in [0.5, 0.6) is 0 Å². The van der Waals surface area contributed by atoms with E-state index in [9.17, 15) is 4.79 Å². The Labute approximate surface area is 162 Å². The first-order chi connectivity index (χ1) is 13.1. The Morgan fingerprint density at radius 1 is 1.15 bits per heavy atom. The number of anilines is 1. The molecule has 1 aliphatic heterocycles. The summed E-state index contributed by atoms with van der Waals surface area (Å²) in [6, 6.07) is 8.98. The van der Waals surface area contributed by atoms with Crippen LogP contribution in [-0.2, 0) is 13.0 Å². The molecule has 2 aromatic heterocycles. The van der Waals surface area contributed by atoms with Gasteiger partial charge in [-0.3, -0.25) is 9.78 Å².